The Kier molecular flexibility index (Phi) is 10.7. The number of hydrogen-bond donors (Lipinski definition) is 2. The van der Waals surface area contributed by atoms with Crippen molar-refractivity contribution in [1.29, 1.82) is 0 Å². The number of methoxy groups -OCH3 is 1. The zero-order valence-electron chi connectivity index (χ0n) is 17.8. The van der Waals surface area contributed by atoms with Crippen LogP contribution in [0.3, 0.4) is 0 Å². The molecular formula is C25H36N2O2. The van der Waals surface area contributed by atoms with Crippen molar-refractivity contribution in [3.8, 4) is 5.75 Å². The topological polar surface area (TPSA) is 64.3 Å². The van der Waals surface area contributed by atoms with Crippen LogP contribution in [0.5, 0.6) is 5.75 Å². The van der Waals surface area contributed by atoms with Crippen molar-refractivity contribution in [2.75, 3.05) is 18.2 Å². The normalized spacial score (nSPS) is 10.7. The summed E-state index contributed by atoms with van der Waals surface area (Å²) in [7, 11) is 1.72. The fraction of sp³-hybridized carbons (Fsp3) is 0.480. The molecule has 0 atom stereocenters. The quantitative estimate of drug-likeness (QED) is 0.288. The largest absolute Gasteiger partial charge is 0.497 e. The summed E-state index contributed by atoms with van der Waals surface area (Å²) in [6.07, 6.45) is 12.7. The summed E-state index contributed by atoms with van der Waals surface area (Å²) >= 11 is 0. The lowest BCUT2D eigenvalue weighted by atomic mass is 10.0. The maximum Gasteiger partial charge on any atom is 0.224 e. The number of aryl methyl sites for hydroxylation is 1. The molecule has 2 aromatic carbocycles. The van der Waals surface area contributed by atoms with Crippen molar-refractivity contribution in [2.24, 2.45) is 0 Å². The van der Waals surface area contributed by atoms with Crippen molar-refractivity contribution >= 4 is 17.3 Å². The van der Waals surface area contributed by atoms with Crippen LogP contribution in [0.15, 0.2) is 48.5 Å². The summed E-state index contributed by atoms with van der Waals surface area (Å²) in [4.78, 5) is 12.0. The standard InChI is InChI=1S/C25H36N2O2/c1-29-22-16-13-15-21(20-22)14-9-7-5-3-2-4-6-8-10-19-25(28)27-24-18-12-11-17-23(24)26/h11-13,15-18,20H,2-10,14,19,26H2,1H3,(H,27,28). The third-order valence-corrected chi connectivity index (χ3v) is 5.24. The molecule has 0 bridgehead atoms. The van der Waals surface area contributed by atoms with Crippen LogP contribution >= 0.6 is 0 Å². The molecule has 29 heavy (non-hydrogen) atoms. The number of amides is 1. The molecule has 0 spiro atoms. The molecule has 0 saturated carbocycles. The molecule has 2 rings (SSSR count). The second kappa shape index (κ2) is 13.6. The number of ether oxygens (including phenoxy) is 1. The second-order valence-electron chi connectivity index (χ2n) is 7.67. The van der Waals surface area contributed by atoms with E-state index in [0.29, 0.717) is 17.8 Å². The highest BCUT2D eigenvalue weighted by Gasteiger charge is 2.04. The Labute approximate surface area is 175 Å². The molecule has 0 aliphatic carbocycles. The van der Waals surface area contributed by atoms with E-state index in [0.717, 1.165) is 25.0 Å². The van der Waals surface area contributed by atoms with E-state index in [1.807, 2.05) is 24.3 Å². The Morgan fingerprint density at radius 3 is 2.21 bits per heavy atom. The summed E-state index contributed by atoms with van der Waals surface area (Å²) in [6.45, 7) is 0. The van der Waals surface area contributed by atoms with Crippen LogP contribution in [-0.2, 0) is 11.2 Å². The van der Waals surface area contributed by atoms with E-state index in [1.165, 1.54) is 50.5 Å². The zero-order chi connectivity index (χ0) is 20.7. The zero-order valence-corrected chi connectivity index (χ0v) is 17.8. The predicted molar refractivity (Wildman–Crippen MR) is 122 cm³/mol. The molecular weight excluding hydrogens is 360 g/mol. The van der Waals surface area contributed by atoms with Crippen LogP contribution < -0.4 is 15.8 Å². The summed E-state index contributed by atoms with van der Waals surface area (Å²) in [5, 5.41) is 2.89. The van der Waals surface area contributed by atoms with E-state index < -0.39 is 0 Å². The van der Waals surface area contributed by atoms with E-state index >= 15 is 0 Å². The molecule has 0 aliphatic rings. The molecule has 2 aromatic rings. The average molecular weight is 397 g/mol. The van der Waals surface area contributed by atoms with Gasteiger partial charge in [-0.1, -0.05) is 69.2 Å². The Morgan fingerprint density at radius 1 is 0.862 bits per heavy atom. The molecule has 4 nitrogen and oxygen atoms in total. The third-order valence-electron chi connectivity index (χ3n) is 5.24. The molecule has 0 unspecified atom stereocenters. The minimum absolute atomic E-state index is 0.0546. The van der Waals surface area contributed by atoms with Crippen molar-refractivity contribution in [3.05, 3.63) is 54.1 Å². The lowest BCUT2D eigenvalue weighted by molar-refractivity contribution is -0.116. The third kappa shape index (κ3) is 9.51. The van der Waals surface area contributed by atoms with Gasteiger partial charge in [0, 0.05) is 6.42 Å². The van der Waals surface area contributed by atoms with Gasteiger partial charge in [-0.3, -0.25) is 4.79 Å². The molecule has 0 radical (unpaired) electrons. The van der Waals surface area contributed by atoms with Crippen LogP contribution in [0.4, 0.5) is 11.4 Å². The molecule has 158 valence electrons. The Balaban J connectivity index is 1.40. The number of carbonyl (C=O) groups excluding carboxylic acids is 1. The lowest BCUT2D eigenvalue weighted by Gasteiger charge is -2.07. The molecule has 0 aliphatic heterocycles. The van der Waals surface area contributed by atoms with E-state index in [9.17, 15) is 4.79 Å². The summed E-state index contributed by atoms with van der Waals surface area (Å²) in [5.41, 5.74) is 8.53. The smallest absolute Gasteiger partial charge is 0.224 e. The van der Waals surface area contributed by atoms with Crippen LogP contribution in [0.25, 0.3) is 0 Å². The molecule has 0 aromatic heterocycles. The summed E-state index contributed by atoms with van der Waals surface area (Å²) in [6, 6.07) is 15.8. The maximum atomic E-state index is 12.0. The fourth-order valence-electron chi connectivity index (χ4n) is 3.50. The van der Waals surface area contributed by atoms with Crippen LogP contribution in [-0.4, -0.2) is 13.0 Å². The first-order valence-electron chi connectivity index (χ1n) is 11.0. The van der Waals surface area contributed by atoms with Crippen molar-refractivity contribution in [1.82, 2.24) is 0 Å². The van der Waals surface area contributed by atoms with Gasteiger partial charge in [0.2, 0.25) is 5.91 Å². The Bertz CT molecular complexity index is 730. The van der Waals surface area contributed by atoms with Crippen LogP contribution in [0.2, 0.25) is 0 Å². The van der Waals surface area contributed by atoms with Gasteiger partial charge in [0.15, 0.2) is 0 Å². The van der Waals surface area contributed by atoms with Crippen molar-refractivity contribution in [2.45, 2.75) is 70.6 Å². The molecule has 4 heteroatoms. The fourth-order valence-corrected chi connectivity index (χ4v) is 3.50. The Hall–Kier alpha value is -2.49. The van der Waals surface area contributed by atoms with Gasteiger partial charge in [0.05, 0.1) is 18.5 Å². The Morgan fingerprint density at radius 2 is 1.52 bits per heavy atom. The number of benzene rings is 2. The summed E-state index contributed by atoms with van der Waals surface area (Å²) < 4.78 is 5.27. The van der Waals surface area contributed by atoms with Crippen molar-refractivity contribution < 1.29 is 9.53 Å². The molecule has 0 heterocycles. The summed E-state index contributed by atoms with van der Waals surface area (Å²) in [5.74, 6) is 1.00. The van der Waals surface area contributed by atoms with E-state index in [4.69, 9.17) is 10.5 Å². The predicted octanol–water partition coefficient (Wildman–Crippen LogP) is 6.36. The minimum atomic E-state index is 0.0546. The van der Waals surface area contributed by atoms with Gasteiger partial charge in [0.25, 0.3) is 0 Å². The molecule has 0 fully saturated rings. The van der Waals surface area contributed by atoms with E-state index in [2.05, 4.69) is 23.5 Å². The maximum absolute atomic E-state index is 12.0. The number of carbonyl (C=O) groups is 1. The van der Waals surface area contributed by atoms with E-state index in [1.54, 1.807) is 13.2 Å². The number of nitrogen functional groups attached to an aromatic ring is 1. The van der Waals surface area contributed by atoms with Gasteiger partial charge in [0.1, 0.15) is 5.75 Å². The SMILES string of the molecule is COc1cccc(CCCCCCCCCCCC(=O)Nc2ccccc2N)c1. The number of anilines is 2. The second-order valence-corrected chi connectivity index (χ2v) is 7.67. The highest BCUT2D eigenvalue weighted by molar-refractivity contribution is 5.93. The first-order chi connectivity index (χ1) is 14.2. The van der Waals surface area contributed by atoms with Crippen molar-refractivity contribution in [3.63, 3.8) is 0 Å². The molecule has 1 amide bonds. The average Bonchev–Trinajstić information content (AvgIpc) is 2.74. The van der Waals surface area contributed by atoms with Gasteiger partial charge in [-0.05, 0) is 49.1 Å². The van der Waals surface area contributed by atoms with Gasteiger partial charge in [-0.2, -0.15) is 0 Å². The monoisotopic (exact) mass is 396 g/mol. The molecule has 0 saturated heterocycles. The number of rotatable bonds is 14. The van der Waals surface area contributed by atoms with Gasteiger partial charge >= 0.3 is 0 Å². The highest BCUT2D eigenvalue weighted by Crippen LogP contribution is 2.18. The van der Waals surface area contributed by atoms with E-state index in [-0.39, 0.29) is 5.91 Å². The highest BCUT2D eigenvalue weighted by atomic mass is 16.5. The number of hydrogen-bond acceptors (Lipinski definition) is 3. The number of para-hydroxylation sites is 2. The number of unbranched alkanes of at least 4 members (excludes halogenated alkanes) is 8. The molecule has 3 N–H and O–H groups in total. The van der Waals surface area contributed by atoms with Gasteiger partial charge in [-0.25, -0.2) is 0 Å². The number of nitrogens with one attached hydrogen (secondary N) is 1. The minimum Gasteiger partial charge on any atom is -0.497 e. The number of nitrogens with two attached hydrogens (primary N) is 1. The van der Waals surface area contributed by atoms with Gasteiger partial charge < -0.3 is 15.8 Å². The van der Waals surface area contributed by atoms with Crippen LogP contribution in [0, 0.1) is 0 Å². The first-order valence-corrected chi connectivity index (χ1v) is 11.0. The first kappa shape index (κ1) is 22.8. The lowest BCUT2D eigenvalue weighted by Crippen LogP contribution is -2.12. The van der Waals surface area contributed by atoms with Crippen LogP contribution in [0.1, 0.15) is 69.8 Å². The van der Waals surface area contributed by atoms with Gasteiger partial charge in [-0.15, -0.1) is 0 Å².